The molecule has 1 aliphatic heterocycles. The molecule has 2 aromatic carbocycles. The Balaban J connectivity index is 1.47. The number of piperidine rings is 1. The Labute approximate surface area is 232 Å². The number of anilines is 1. The fourth-order valence-electron chi connectivity index (χ4n) is 5.03. The number of aryl methyl sites for hydroxylation is 1. The number of aromatic nitrogens is 2. The van der Waals surface area contributed by atoms with Crippen molar-refractivity contribution in [2.24, 2.45) is 11.8 Å². The van der Waals surface area contributed by atoms with Crippen LogP contribution in [0.1, 0.15) is 41.8 Å². The van der Waals surface area contributed by atoms with Crippen molar-refractivity contribution < 1.29 is 13.2 Å². The van der Waals surface area contributed by atoms with E-state index in [-0.39, 0.29) is 17.3 Å². The first-order valence-corrected chi connectivity index (χ1v) is 15.1. The molecule has 38 heavy (non-hydrogen) atoms. The number of hydrogen-bond donors (Lipinski definition) is 0. The van der Waals surface area contributed by atoms with Gasteiger partial charge in [0.25, 0.3) is 5.91 Å². The Kier molecular flexibility index (Phi) is 7.55. The van der Waals surface area contributed by atoms with Gasteiger partial charge in [-0.2, -0.15) is 4.31 Å². The number of carbonyl (C=O) groups is 1. The van der Waals surface area contributed by atoms with Gasteiger partial charge in [-0.05, 0) is 84.8 Å². The zero-order chi connectivity index (χ0) is 27.0. The molecule has 2 atom stereocenters. The van der Waals surface area contributed by atoms with Crippen molar-refractivity contribution in [2.45, 2.75) is 38.6 Å². The van der Waals surface area contributed by atoms with Crippen molar-refractivity contribution in [3.05, 3.63) is 82.6 Å². The molecule has 1 aliphatic rings. The van der Waals surface area contributed by atoms with Crippen molar-refractivity contribution >= 4 is 54.2 Å². The Morgan fingerprint density at radius 1 is 1.08 bits per heavy atom. The van der Waals surface area contributed by atoms with Crippen LogP contribution in [0.2, 0.25) is 5.02 Å². The van der Waals surface area contributed by atoms with Gasteiger partial charge in [0.1, 0.15) is 0 Å². The number of hydrogen-bond acceptors (Lipinski definition) is 6. The largest absolute Gasteiger partial charge is 0.279 e. The van der Waals surface area contributed by atoms with Crippen molar-refractivity contribution in [3.8, 4) is 0 Å². The first-order valence-electron chi connectivity index (χ1n) is 12.5. The molecule has 10 heteroatoms. The van der Waals surface area contributed by atoms with Gasteiger partial charge in [-0.3, -0.25) is 14.7 Å². The number of fused-ring (bicyclic) bond motifs is 1. The molecule has 0 spiro atoms. The van der Waals surface area contributed by atoms with Gasteiger partial charge < -0.3 is 0 Å². The Bertz CT molecular complexity index is 1560. The summed E-state index contributed by atoms with van der Waals surface area (Å²) < 4.78 is 29.1. The molecule has 1 saturated heterocycles. The second kappa shape index (κ2) is 10.7. The van der Waals surface area contributed by atoms with Crippen LogP contribution in [-0.4, -0.2) is 41.7 Å². The van der Waals surface area contributed by atoms with E-state index in [9.17, 15) is 13.2 Å². The lowest BCUT2D eigenvalue weighted by Crippen LogP contribution is -2.42. The number of pyridine rings is 1. The van der Waals surface area contributed by atoms with E-state index in [0.717, 1.165) is 27.8 Å². The Morgan fingerprint density at radius 3 is 2.39 bits per heavy atom. The van der Waals surface area contributed by atoms with Crippen LogP contribution in [0.15, 0.2) is 65.8 Å². The van der Waals surface area contributed by atoms with E-state index in [4.69, 9.17) is 16.6 Å². The lowest BCUT2D eigenvalue weighted by atomic mass is 9.94. The number of rotatable bonds is 6. The van der Waals surface area contributed by atoms with Gasteiger partial charge in [-0.1, -0.05) is 36.8 Å². The molecule has 0 N–H and O–H groups in total. The van der Waals surface area contributed by atoms with Crippen LogP contribution in [0.4, 0.5) is 5.13 Å². The average Bonchev–Trinajstić information content (AvgIpc) is 3.31. The maximum Gasteiger partial charge on any atom is 0.260 e. The summed E-state index contributed by atoms with van der Waals surface area (Å²) >= 11 is 7.66. The van der Waals surface area contributed by atoms with E-state index in [1.165, 1.54) is 23.5 Å². The van der Waals surface area contributed by atoms with Crippen LogP contribution in [0.5, 0.6) is 0 Å². The lowest BCUT2D eigenvalue weighted by Gasteiger charge is -2.34. The number of amides is 1. The number of carbonyl (C=O) groups excluding carboxylic acids is 1. The quantitative estimate of drug-likeness (QED) is 0.278. The Hall–Kier alpha value is -2.85. The zero-order valence-corrected chi connectivity index (χ0v) is 23.9. The van der Waals surface area contributed by atoms with E-state index < -0.39 is 10.0 Å². The predicted octanol–water partition coefficient (Wildman–Crippen LogP) is 6.17. The SMILES string of the molecule is Cc1cc(Cl)cc2sc(N(Cc3ccncc3)C(=O)c3ccc(S(=O)(=O)N4CC(C)CC(C)C4)cc3)nc12. The van der Waals surface area contributed by atoms with Crippen LogP contribution in [-0.2, 0) is 16.6 Å². The molecular weight excluding hydrogens is 540 g/mol. The summed E-state index contributed by atoms with van der Waals surface area (Å²) in [6.45, 7) is 7.40. The highest BCUT2D eigenvalue weighted by molar-refractivity contribution is 7.89. The minimum atomic E-state index is -3.64. The molecule has 0 bridgehead atoms. The molecule has 2 aromatic heterocycles. The van der Waals surface area contributed by atoms with E-state index in [0.29, 0.717) is 40.6 Å². The normalized spacial score (nSPS) is 18.5. The molecule has 0 radical (unpaired) electrons. The second-order valence-corrected chi connectivity index (χ2v) is 13.5. The number of sulfonamides is 1. The van der Waals surface area contributed by atoms with E-state index >= 15 is 0 Å². The number of benzene rings is 2. The highest BCUT2D eigenvalue weighted by Crippen LogP contribution is 2.34. The molecule has 0 aliphatic carbocycles. The smallest absolute Gasteiger partial charge is 0.260 e. The number of nitrogens with zero attached hydrogens (tertiary/aromatic N) is 4. The van der Waals surface area contributed by atoms with Crippen LogP contribution >= 0.6 is 22.9 Å². The second-order valence-electron chi connectivity index (χ2n) is 10.1. The van der Waals surface area contributed by atoms with E-state index in [2.05, 4.69) is 18.8 Å². The van der Waals surface area contributed by atoms with Gasteiger partial charge in [0.05, 0.1) is 21.7 Å². The van der Waals surface area contributed by atoms with Crippen molar-refractivity contribution in [1.82, 2.24) is 14.3 Å². The number of halogens is 1. The molecule has 4 aromatic rings. The van der Waals surface area contributed by atoms with Crippen LogP contribution < -0.4 is 4.90 Å². The van der Waals surface area contributed by atoms with Gasteiger partial charge in [-0.15, -0.1) is 0 Å². The third-order valence-electron chi connectivity index (χ3n) is 6.78. The number of thiazole rings is 1. The molecule has 1 fully saturated rings. The van der Waals surface area contributed by atoms with Gasteiger partial charge in [0.15, 0.2) is 5.13 Å². The summed E-state index contributed by atoms with van der Waals surface area (Å²) in [5, 5.41) is 1.16. The third-order valence-corrected chi connectivity index (χ3v) is 9.87. The molecular formula is C28H29ClN4O3S2. The van der Waals surface area contributed by atoms with Gasteiger partial charge in [0, 0.05) is 36.1 Å². The first-order chi connectivity index (χ1) is 18.1. The van der Waals surface area contributed by atoms with Crippen LogP contribution in [0.3, 0.4) is 0 Å². The lowest BCUT2D eigenvalue weighted by molar-refractivity contribution is 0.0985. The minimum Gasteiger partial charge on any atom is -0.279 e. The molecule has 7 nitrogen and oxygen atoms in total. The summed E-state index contributed by atoms with van der Waals surface area (Å²) in [6, 6.07) is 13.6. The minimum absolute atomic E-state index is 0.196. The molecule has 2 unspecified atom stereocenters. The maximum absolute atomic E-state index is 13.8. The highest BCUT2D eigenvalue weighted by atomic mass is 35.5. The predicted molar refractivity (Wildman–Crippen MR) is 152 cm³/mol. The topological polar surface area (TPSA) is 83.5 Å². The van der Waals surface area contributed by atoms with Crippen molar-refractivity contribution in [1.29, 1.82) is 0 Å². The van der Waals surface area contributed by atoms with Crippen LogP contribution in [0.25, 0.3) is 10.2 Å². The summed E-state index contributed by atoms with van der Waals surface area (Å²) in [5.74, 6) is 0.348. The summed E-state index contributed by atoms with van der Waals surface area (Å²) in [5.41, 5.74) is 3.01. The van der Waals surface area contributed by atoms with E-state index in [1.54, 1.807) is 33.7 Å². The fourth-order valence-corrected chi connectivity index (χ4v) is 8.13. The molecule has 0 saturated carbocycles. The molecule has 5 rings (SSSR count). The zero-order valence-electron chi connectivity index (χ0n) is 21.5. The standard InChI is InChI=1S/C28H29ClN4O3S2/c1-18-12-19(2)16-32(15-18)38(35,36)24-6-4-22(5-7-24)27(34)33(17-21-8-10-30-11-9-21)28-31-26-20(3)13-23(29)14-25(26)37-28/h4-11,13-14,18-19H,12,15-17H2,1-3H3. The van der Waals surface area contributed by atoms with Crippen molar-refractivity contribution in [3.63, 3.8) is 0 Å². The maximum atomic E-state index is 13.8. The summed E-state index contributed by atoms with van der Waals surface area (Å²) in [7, 11) is -3.64. The van der Waals surface area contributed by atoms with Gasteiger partial charge >= 0.3 is 0 Å². The Morgan fingerprint density at radius 2 is 1.74 bits per heavy atom. The summed E-state index contributed by atoms with van der Waals surface area (Å²) in [6.07, 6.45) is 4.38. The van der Waals surface area contributed by atoms with E-state index in [1.807, 2.05) is 31.2 Å². The first kappa shape index (κ1) is 26.7. The fraction of sp³-hybridized carbons (Fsp3) is 0.321. The molecule has 1 amide bonds. The molecule has 198 valence electrons. The van der Waals surface area contributed by atoms with Crippen LogP contribution in [0, 0.1) is 18.8 Å². The monoisotopic (exact) mass is 568 g/mol. The third kappa shape index (κ3) is 5.47. The van der Waals surface area contributed by atoms with Gasteiger partial charge in [-0.25, -0.2) is 13.4 Å². The average molecular weight is 569 g/mol. The molecule has 3 heterocycles. The van der Waals surface area contributed by atoms with Crippen molar-refractivity contribution in [2.75, 3.05) is 18.0 Å². The summed E-state index contributed by atoms with van der Waals surface area (Å²) in [4.78, 5) is 24.5. The van der Waals surface area contributed by atoms with Gasteiger partial charge in [0.2, 0.25) is 10.0 Å². The highest BCUT2D eigenvalue weighted by Gasteiger charge is 2.32.